The zero-order valence-electron chi connectivity index (χ0n) is 14.3. The second-order valence-electron chi connectivity index (χ2n) is 6.19. The van der Waals surface area contributed by atoms with Crippen molar-refractivity contribution in [2.75, 3.05) is 26.8 Å². The van der Waals surface area contributed by atoms with Gasteiger partial charge in [-0.1, -0.05) is 0 Å². The molecule has 1 amide bonds. The van der Waals surface area contributed by atoms with Gasteiger partial charge in [0.2, 0.25) is 5.91 Å². The van der Waals surface area contributed by atoms with Crippen LogP contribution in [0.4, 0.5) is 0 Å². The monoisotopic (exact) mass is 332 g/mol. The van der Waals surface area contributed by atoms with Crippen molar-refractivity contribution < 1.29 is 9.53 Å². The number of likely N-dealkylation sites (tertiary alicyclic amines) is 1. The van der Waals surface area contributed by atoms with Gasteiger partial charge in [-0.05, 0) is 12.8 Å². The summed E-state index contributed by atoms with van der Waals surface area (Å²) in [4.78, 5) is 18.2. The fourth-order valence-corrected chi connectivity index (χ4v) is 3.17. The van der Waals surface area contributed by atoms with Gasteiger partial charge < -0.3 is 18.8 Å². The molecule has 8 heteroatoms. The number of amides is 1. The van der Waals surface area contributed by atoms with Crippen LogP contribution in [0.25, 0.3) is 0 Å². The van der Waals surface area contributed by atoms with E-state index in [1.807, 2.05) is 27.3 Å². The van der Waals surface area contributed by atoms with Crippen LogP contribution in [0, 0.1) is 0 Å². The molecule has 1 aliphatic heterocycles. The van der Waals surface area contributed by atoms with Crippen molar-refractivity contribution in [1.29, 1.82) is 0 Å². The average molecular weight is 332 g/mol. The fraction of sp³-hybridized carbons (Fsp3) is 0.625. The molecule has 2 aromatic rings. The molecule has 1 atom stereocenters. The third-order valence-electron chi connectivity index (χ3n) is 4.54. The van der Waals surface area contributed by atoms with Crippen molar-refractivity contribution >= 4 is 5.91 Å². The molecule has 0 saturated carbocycles. The Morgan fingerprint density at radius 2 is 2.29 bits per heavy atom. The fourth-order valence-electron chi connectivity index (χ4n) is 3.17. The molecule has 0 N–H and O–H groups in total. The van der Waals surface area contributed by atoms with Crippen LogP contribution in [0.1, 0.15) is 36.8 Å². The maximum atomic E-state index is 12.2. The highest BCUT2D eigenvalue weighted by atomic mass is 16.5. The molecule has 0 unspecified atom stereocenters. The van der Waals surface area contributed by atoms with Gasteiger partial charge in [0.25, 0.3) is 0 Å². The van der Waals surface area contributed by atoms with Crippen LogP contribution in [0.3, 0.4) is 0 Å². The van der Waals surface area contributed by atoms with E-state index < -0.39 is 0 Å². The molecule has 1 aliphatic rings. The number of nitrogens with zero attached hydrogens (tertiary/aromatic N) is 6. The van der Waals surface area contributed by atoms with Gasteiger partial charge in [0.05, 0.1) is 25.9 Å². The van der Waals surface area contributed by atoms with E-state index in [-0.39, 0.29) is 11.8 Å². The Labute approximate surface area is 141 Å². The van der Waals surface area contributed by atoms with Crippen molar-refractivity contribution in [3.63, 3.8) is 0 Å². The van der Waals surface area contributed by atoms with Crippen LogP contribution >= 0.6 is 0 Å². The molecule has 2 aromatic heterocycles. The van der Waals surface area contributed by atoms with E-state index in [2.05, 4.69) is 15.2 Å². The second kappa shape index (κ2) is 7.57. The summed E-state index contributed by atoms with van der Waals surface area (Å²) < 4.78 is 9.02. The quantitative estimate of drug-likeness (QED) is 0.782. The number of aromatic nitrogens is 5. The van der Waals surface area contributed by atoms with Gasteiger partial charge in [0.15, 0.2) is 5.82 Å². The zero-order valence-corrected chi connectivity index (χ0v) is 14.3. The van der Waals surface area contributed by atoms with Crippen molar-refractivity contribution in [2.45, 2.75) is 31.7 Å². The maximum Gasteiger partial charge on any atom is 0.224 e. The molecule has 3 rings (SSSR count). The summed E-state index contributed by atoms with van der Waals surface area (Å²) in [5.41, 5.74) is 0. The van der Waals surface area contributed by atoms with Gasteiger partial charge in [-0.15, -0.1) is 10.2 Å². The van der Waals surface area contributed by atoms with Crippen LogP contribution in [-0.2, 0) is 23.1 Å². The molecule has 0 spiro atoms. The van der Waals surface area contributed by atoms with Crippen LogP contribution in [0.15, 0.2) is 18.7 Å². The highest BCUT2D eigenvalue weighted by molar-refractivity contribution is 5.76. The minimum Gasteiger partial charge on any atom is -0.384 e. The molecule has 130 valence electrons. The summed E-state index contributed by atoms with van der Waals surface area (Å²) >= 11 is 0. The molecule has 24 heavy (non-hydrogen) atoms. The third kappa shape index (κ3) is 3.64. The van der Waals surface area contributed by atoms with Gasteiger partial charge in [-0.25, -0.2) is 4.98 Å². The molecule has 0 aliphatic carbocycles. The highest BCUT2D eigenvalue weighted by Crippen LogP contribution is 2.26. The van der Waals surface area contributed by atoms with E-state index in [1.54, 1.807) is 19.6 Å². The van der Waals surface area contributed by atoms with Crippen LogP contribution in [0.2, 0.25) is 0 Å². The topological polar surface area (TPSA) is 78.1 Å². The predicted molar refractivity (Wildman–Crippen MR) is 87.4 cm³/mol. The summed E-state index contributed by atoms with van der Waals surface area (Å²) in [6, 6.07) is 0. The van der Waals surface area contributed by atoms with E-state index in [4.69, 9.17) is 4.74 Å². The Morgan fingerprint density at radius 3 is 3.04 bits per heavy atom. The lowest BCUT2D eigenvalue weighted by molar-refractivity contribution is -0.133. The lowest BCUT2D eigenvalue weighted by Crippen LogP contribution is -2.40. The van der Waals surface area contributed by atoms with E-state index in [0.29, 0.717) is 26.1 Å². The number of rotatable bonds is 6. The van der Waals surface area contributed by atoms with Gasteiger partial charge in [0.1, 0.15) is 5.82 Å². The summed E-state index contributed by atoms with van der Waals surface area (Å²) in [7, 11) is 3.61. The first-order chi connectivity index (χ1) is 11.7. The number of hydrogen-bond acceptors (Lipinski definition) is 5. The molecule has 0 radical (unpaired) electrons. The van der Waals surface area contributed by atoms with Gasteiger partial charge in [0, 0.05) is 45.6 Å². The number of carbonyl (C=O) groups is 1. The number of ether oxygens (including phenoxy) is 1. The van der Waals surface area contributed by atoms with Gasteiger partial charge >= 0.3 is 0 Å². The first-order valence-electron chi connectivity index (χ1n) is 8.29. The maximum absolute atomic E-state index is 12.2. The SMILES string of the molecule is COCCC(=O)N1CCC[C@@H](c2nnc(Cn3ccnc3)n2C)C1. The first-order valence-corrected chi connectivity index (χ1v) is 8.29. The van der Waals surface area contributed by atoms with Crippen molar-refractivity contribution in [2.24, 2.45) is 7.05 Å². The van der Waals surface area contributed by atoms with Crippen molar-refractivity contribution in [1.82, 2.24) is 29.2 Å². The van der Waals surface area contributed by atoms with E-state index in [1.165, 1.54) is 0 Å². The summed E-state index contributed by atoms with van der Waals surface area (Å²) in [5, 5.41) is 8.72. The number of piperidine rings is 1. The van der Waals surface area contributed by atoms with Gasteiger partial charge in [-0.3, -0.25) is 4.79 Å². The normalized spacial score (nSPS) is 18.1. The van der Waals surface area contributed by atoms with Gasteiger partial charge in [-0.2, -0.15) is 0 Å². The molecule has 1 fully saturated rings. The minimum atomic E-state index is 0.155. The Bertz CT molecular complexity index is 666. The molecular weight excluding hydrogens is 308 g/mol. The third-order valence-corrected chi connectivity index (χ3v) is 4.54. The number of hydrogen-bond donors (Lipinski definition) is 0. The minimum absolute atomic E-state index is 0.155. The summed E-state index contributed by atoms with van der Waals surface area (Å²) in [5.74, 6) is 2.24. The molecular formula is C16H24N6O2. The van der Waals surface area contributed by atoms with Crippen LogP contribution < -0.4 is 0 Å². The smallest absolute Gasteiger partial charge is 0.224 e. The van der Waals surface area contributed by atoms with Crippen molar-refractivity contribution in [3.8, 4) is 0 Å². The molecule has 0 aromatic carbocycles. The van der Waals surface area contributed by atoms with E-state index >= 15 is 0 Å². The molecule has 0 bridgehead atoms. The lowest BCUT2D eigenvalue weighted by atomic mass is 9.97. The Hall–Kier alpha value is -2.22. The Morgan fingerprint density at radius 1 is 1.42 bits per heavy atom. The average Bonchev–Trinajstić information content (AvgIpc) is 3.24. The predicted octanol–water partition coefficient (Wildman–Crippen LogP) is 0.802. The number of carbonyl (C=O) groups excluding carboxylic acids is 1. The zero-order chi connectivity index (χ0) is 16.9. The molecule has 3 heterocycles. The van der Waals surface area contributed by atoms with E-state index in [9.17, 15) is 4.79 Å². The van der Waals surface area contributed by atoms with Crippen LogP contribution in [0.5, 0.6) is 0 Å². The largest absolute Gasteiger partial charge is 0.384 e. The summed E-state index contributed by atoms with van der Waals surface area (Å²) in [6.45, 7) is 2.64. The molecule has 1 saturated heterocycles. The highest BCUT2D eigenvalue weighted by Gasteiger charge is 2.28. The van der Waals surface area contributed by atoms with Crippen molar-refractivity contribution in [3.05, 3.63) is 30.4 Å². The first kappa shape index (κ1) is 16.6. The number of methoxy groups -OCH3 is 1. The Kier molecular flexibility index (Phi) is 5.24. The van der Waals surface area contributed by atoms with E-state index in [0.717, 1.165) is 31.0 Å². The number of imidazole rings is 1. The standard InChI is InChI=1S/C16H24N6O2/c1-20-14(11-21-8-6-17-12-21)18-19-16(20)13-4-3-7-22(10-13)15(23)5-9-24-2/h6,8,12-13H,3-5,7,9-11H2,1-2H3/t13-/m1/s1. The molecule has 8 nitrogen and oxygen atoms in total. The summed E-state index contributed by atoms with van der Waals surface area (Å²) in [6.07, 6.45) is 7.89. The Balaban J connectivity index is 1.67. The second-order valence-corrected chi connectivity index (χ2v) is 6.19. The van der Waals surface area contributed by atoms with Crippen LogP contribution in [-0.4, -0.2) is 61.9 Å². The lowest BCUT2D eigenvalue weighted by Gasteiger charge is -2.32.